The Labute approximate surface area is 237 Å². The van der Waals surface area contributed by atoms with Crippen LogP contribution >= 0.6 is 11.9 Å². The molecule has 5 rings (SSSR count). The first-order valence-electron chi connectivity index (χ1n) is 13.9. The maximum atomic E-state index is 13.7. The minimum Gasteiger partial charge on any atom is -0.465 e. The Morgan fingerprint density at radius 2 is 1.70 bits per heavy atom. The molecule has 12 heteroatoms. The number of hydrogen-bond donors (Lipinski definition) is 2. The molecule has 0 bridgehead atoms. The molecule has 3 aliphatic rings. The lowest BCUT2D eigenvalue weighted by molar-refractivity contribution is -0.139. The first-order chi connectivity index (χ1) is 19.2. The number of hydrogen-bond acceptors (Lipinski definition) is 9. The number of anilines is 4. The molecule has 9 nitrogen and oxygen atoms in total. The number of amides is 1. The highest BCUT2D eigenvalue weighted by molar-refractivity contribution is 8.01. The molecule has 3 heterocycles. The third-order valence-electron chi connectivity index (χ3n) is 7.93. The zero-order valence-corrected chi connectivity index (χ0v) is 23.8. The molecular formula is C28H36F2N6O3S. The fourth-order valence-corrected chi connectivity index (χ4v) is 5.90. The van der Waals surface area contributed by atoms with Crippen LogP contribution in [0.4, 0.5) is 31.9 Å². The summed E-state index contributed by atoms with van der Waals surface area (Å²) in [6.45, 7) is 6.02. The van der Waals surface area contributed by atoms with E-state index in [2.05, 4.69) is 24.9 Å². The SMILES string of the molecule is CCOC(=O)CSNc1ccc(C(=O)Nc2nc(C)cc(N3CCC(F)(F)CC3)n2)c(N2CCC3(CC2)CC3)c1. The molecule has 0 radical (unpaired) electrons. The van der Waals surface area contributed by atoms with E-state index in [-0.39, 0.29) is 49.5 Å². The molecule has 2 aromatic rings. The number of rotatable bonds is 9. The van der Waals surface area contributed by atoms with Gasteiger partial charge in [-0.15, -0.1) is 0 Å². The van der Waals surface area contributed by atoms with Crippen LogP contribution in [0, 0.1) is 12.3 Å². The summed E-state index contributed by atoms with van der Waals surface area (Å²) >= 11 is 1.24. The molecule has 1 aromatic carbocycles. The Balaban J connectivity index is 1.33. The van der Waals surface area contributed by atoms with E-state index in [0.717, 1.165) is 37.3 Å². The smallest absolute Gasteiger partial charge is 0.317 e. The van der Waals surface area contributed by atoms with Crippen LogP contribution in [-0.2, 0) is 9.53 Å². The largest absolute Gasteiger partial charge is 0.465 e. The number of alkyl halides is 2. The first-order valence-corrected chi connectivity index (χ1v) is 14.9. The number of halogens is 2. The summed E-state index contributed by atoms with van der Waals surface area (Å²) < 4.78 is 35.5. The predicted octanol–water partition coefficient (Wildman–Crippen LogP) is 5.28. The van der Waals surface area contributed by atoms with Gasteiger partial charge in [-0.2, -0.15) is 4.98 Å². The van der Waals surface area contributed by atoms with Gasteiger partial charge in [-0.25, -0.2) is 13.8 Å². The van der Waals surface area contributed by atoms with Gasteiger partial charge >= 0.3 is 5.97 Å². The fraction of sp³-hybridized carbons (Fsp3) is 0.571. The standard InChI is InChI=1S/C28H36F2N6O3S/c1-3-39-24(37)18-40-34-20-4-5-21(22(17-20)35-12-8-27(6-7-27)9-13-35)25(38)33-26-31-19(2)16-23(32-26)36-14-10-28(29,30)11-15-36/h4-5,16-17,34H,3,6-15,18H2,1-2H3,(H,31,32,33,38). The average molecular weight is 575 g/mol. The van der Waals surface area contributed by atoms with E-state index in [9.17, 15) is 18.4 Å². The van der Waals surface area contributed by atoms with Crippen molar-refractivity contribution in [2.24, 2.45) is 5.41 Å². The maximum Gasteiger partial charge on any atom is 0.317 e. The Morgan fingerprint density at radius 1 is 1.00 bits per heavy atom. The second kappa shape index (κ2) is 11.8. The minimum atomic E-state index is -2.65. The molecule has 1 spiro atoms. The highest BCUT2D eigenvalue weighted by Gasteiger charge is 2.44. The normalized spacial score (nSPS) is 19.3. The van der Waals surface area contributed by atoms with E-state index in [0.29, 0.717) is 29.1 Å². The molecule has 1 amide bonds. The van der Waals surface area contributed by atoms with Crippen LogP contribution in [-0.4, -0.2) is 66.3 Å². The van der Waals surface area contributed by atoms with Crippen LogP contribution in [0.5, 0.6) is 0 Å². The second-order valence-corrected chi connectivity index (χ2v) is 11.7. The molecule has 0 unspecified atom stereocenters. The van der Waals surface area contributed by atoms with E-state index >= 15 is 0 Å². The molecule has 2 N–H and O–H groups in total. The third kappa shape index (κ3) is 6.94. The van der Waals surface area contributed by atoms with Crippen LogP contribution in [0.15, 0.2) is 24.3 Å². The van der Waals surface area contributed by atoms with Gasteiger partial charge < -0.3 is 19.3 Å². The molecule has 1 aromatic heterocycles. The van der Waals surface area contributed by atoms with E-state index in [1.54, 1.807) is 32.0 Å². The number of piperidine rings is 2. The lowest BCUT2D eigenvalue weighted by Gasteiger charge is -2.35. The summed E-state index contributed by atoms with van der Waals surface area (Å²) in [6.07, 6.45) is 4.31. The number of carbonyl (C=O) groups is 2. The Kier molecular flexibility index (Phi) is 8.34. The summed E-state index contributed by atoms with van der Waals surface area (Å²) in [5, 5.41) is 2.85. The van der Waals surface area contributed by atoms with Crippen molar-refractivity contribution in [3.8, 4) is 0 Å². The first kappa shape index (κ1) is 28.4. The monoisotopic (exact) mass is 574 g/mol. The number of esters is 1. The summed E-state index contributed by atoms with van der Waals surface area (Å²) in [6, 6.07) is 7.26. The fourth-order valence-electron chi connectivity index (χ4n) is 5.33. The second-order valence-electron chi connectivity index (χ2n) is 10.9. The quantitative estimate of drug-likeness (QED) is 0.306. The Morgan fingerprint density at radius 3 is 2.38 bits per heavy atom. The molecular weight excluding hydrogens is 538 g/mol. The molecule has 216 valence electrons. The van der Waals surface area contributed by atoms with Gasteiger partial charge in [0, 0.05) is 56.5 Å². The number of aryl methyl sites for hydroxylation is 1. The number of nitrogens with one attached hydrogen (secondary N) is 2. The number of nitrogens with zero attached hydrogens (tertiary/aromatic N) is 4. The number of carbonyl (C=O) groups excluding carboxylic acids is 2. The molecule has 1 saturated carbocycles. The van der Waals surface area contributed by atoms with Gasteiger partial charge in [-0.05, 0) is 75.1 Å². The van der Waals surface area contributed by atoms with Crippen LogP contribution in [0.3, 0.4) is 0 Å². The van der Waals surface area contributed by atoms with Gasteiger partial charge in [0.2, 0.25) is 5.95 Å². The van der Waals surface area contributed by atoms with E-state index in [4.69, 9.17) is 4.74 Å². The van der Waals surface area contributed by atoms with Crippen LogP contribution < -0.4 is 19.8 Å². The molecule has 2 saturated heterocycles. The van der Waals surface area contributed by atoms with Gasteiger partial charge in [0.25, 0.3) is 11.8 Å². The number of aromatic nitrogens is 2. The van der Waals surface area contributed by atoms with Crippen molar-refractivity contribution in [3.05, 3.63) is 35.5 Å². The van der Waals surface area contributed by atoms with Crippen LogP contribution in [0.25, 0.3) is 0 Å². The van der Waals surface area contributed by atoms with Crippen LogP contribution in [0.2, 0.25) is 0 Å². The van der Waals surface area contributed by atoms with Crippen molar-refractivity contribution in [3.63, 3.8) is 0 Å². The average Bonchev–Trinajstić information content (AvgIpc) is 3.67. The molecule has 1 aliphatic carbocycles. The summed E-state index contributed by atoms with van der Waals surface area (Å²) in [4.78, 5) is 38.2. The summed E-state index contributed by atoms with van der Waals surface area (Å²) in [5.74, 6) is -2.45. The van der Waals surface area contributed by atoms with Gasteiger partial charge in [0.15, 0.2) is 0 Å². The number of ether oxygens (including phenoxy) is 1. The summed E-state index contributed by atoms with van der Waals surface area (Å²) in [7, 11) is 0. The number of benzene rings is 1. The van der Waals surface area contributed by atoms with Gasteiger partial charge in [-0.1, -0.05) is 0 Å². The Bertz CT molecular complexity index is 1240. The van der Waals surface area contributed by atoms with E-state index in [1.165, 1.54) is 24.8 Å². The molecule has 3 fully saturated rings. The van der Waals surface area contributed by atoms with Crippen molar-refractivity contribution < 1.29 is 23.1 Å². The van der Waals surface area contributed by atoms with Crippen molar-refractivity contribution in [2.45, 2.75) is 58.3 Å². The predicted molar refractivity (Wildman–Crippen MR) is 153 cm³/mol. The van der Waals surface area contributed by atoms with E-state index < -0.39 is 5.92 Å². The topological polar surface area (TPSA) is 99.7 Å². The molecule has 2 aliphatic heterocycles. The third-order valence-corrected chi connectivity index (χ3v) is 8.69. The van der Waals surface area contributed by atoms with E-state index in [1.807, 2.05) is 11.0 Å². The molecule has 0 atom stereocenters. The van der Waals surface area contributed by atoms with Crippen LogP contribution in [0.1, 0.15) is 61.5 Å². The van der Waals surface area contributed by atoms with Gasteiger partial charge in [-0.3, -0.25) is 14.9 Å². The lowest BCUT2D eigenvalue weighted by atomic mass is 9.93. The highest BCUT2D eigenvalue weighted by atomic mass is 32.2. The van der Waals surface area contributed by atoms with Crippen molar-refractivity contribution in [2.75, 3.05) is 58.4 Å². The van der Waals surface area contributed by atoms with Crippen molar-refractivity contribution >= 4 is 47.0 Å². The van der Waals surface area contributed by atoms with Crippen molar-refractivity contribution in [1.29, 1.82) is 0 Å². The molecule has 40 heavy (non-hydrogen) atoms. The van der Waals surface area contributed by atoms with Gasteiger partial charge in [0.1, 0.15) is 11.6 Å². The lowest BCUT2D eigenvalue weighted by Crippen LogP contribution is -2.40. The zero-order valence-electron chi connectivity index (χ0n) is 23.0. The highest BCUT2D eigenvalue weighted by Crippen LogP contribution is 2.54. The maximum absolute atomic E-state index is 13.7. The summed E-state index contributed by atoms with van der Waals surface area (Å²) in [5.41, 5.74) is 3.21. The van der Waals surface area contributed by atoms with Crippen molar-refractivity contribution in [1.82, 2.24) is 9.97 Å². The van der Waals surface area contributed by atoms with Gasteiger partial charge in [0.05, 0.1) is 17.9 Å². The Hall–Kier alpha value is -3.15. The minimum absolute atomic E-state index is 0.144. The zero-order chi connectivity index (χ0) is 28.3.